The van der Waals surface area contributed by atoms with Gasteiger partial charge in [0.05, 0.1) is 5.56 Å². The topological polar surface area (TPSA) is 17.1 Å². The summed E-state index contributed by atoms with van der Waals surface area (Å²) >= 11 is 2.89. The van der Waals surface area contributed by atoms with E-state index in [0.29, 0.717) is 12.0 Å². The van der Waals surface area contributed by atoms with E-state index in [1.54, 1.807) is 6.92 Å². The van der Waals surface area contributed by atoms with Crippen LogP contribution in [0.5, 0.6) is 0 Å². The van der Waals surface area contributed by atoms with Crippen molar-refractivity contribution in [2.24, 2.45) is 5.92 Å². The summed E-state index contributed by atoms with van der Waals surface area (Å²) in [5.41, 5.74) is 0.00878. The van der Waals surface area contributed by atoms with Crippen molar-refractivity contribution in [3.8, 4) is 0 Å². The van der Waals surface area contributed by atoms with E-state index in [1.807, 2.05) is 0 Å². The molecule has 0 aliphatic rings. The second kappa shape index (κ2) is 4.99. The monoisotopic (exact) mass is 294 g/mol. The molecule has 0 heterocycles. The van der Waals surface area contributed by atoms with Crippen LogP contribution < -0.4 is 0 Å². The third-order valence-corrected chi connectivity index (χ3v) is 2.78. The molecular formula is C11H10BrF3O. The maximum absolute atomic E-state index is 12.4. The Labute approximate surface area is 99.8 Å². The third-order valence-electron chi connectivity index (χ3n) is 2.13. The highest BCUT2D eigenvalue weighted by atomic mass is 79.9. The Hall–Kier alpha value is -0.840. The van der Waals surface area contributed by atoms with E-state index in [0.717, 1.165) is 12.4 Å². The van der Waals surface area contributed by atoms with Gasteiger partial charge in [0, 0.05) is 10.4 Å². The van der Waals surface area contributed by atoms with E-state index >= 15 is 0 Å². The van der Waals surface area contributed by atoms with E-state index in [-0.39, 0.29) is 10.4 Å². The molecular weight excluding hydrogens is 285 g/mol. The number of alkyl halides is 3. The van der Waals surface area contributed by atoms with Gasteiger partial charge < -0.3 is 4.79 Å². The third kappa shape index (κ3) is 3.33. The minimum absolute atomic E-state index is 0.00981. The van der Waals surface area contributed by atoms with Crippen LogP contribution in [-0.2, 0) is 17.4 Å². The van der Waals surface area contributed by atoms with E-state index in [9.17, 15) is 18.0 Å². The summed E-state index contributed by atoms with van der Waals surface area (Å²) in [4.78, 5) is 10.4. The van der Waals surface area contributed by atoms with Crippen LogP contribution in [0.15, 0.2) is 22.7 Å². The van der Waals surface area contributed by atoms with Crippen LogP contribution in [0.2, 0.25) is 0 Å². The van der Waals surface area contributed by atoms with Crippen LogP contribution in [0.4, 0.5) is 13.2 Å². The predicted octanol–water partition coefficient (Wildman–Crippen LogP) is 3.85. The first-order valence-electron chi connectivity index (χ1n) is 4.65. The molecule has 88 valence electrons. The molecule has 0 fully saturated rings. The fourth-order valence-corrected chi connectivity index (χ4v) is 1.99. The van der Waals surface area contributed by atoms with Gasteiger partial charge >= 0.3 is 6.18 Å². The lowest BCUT2D eigenvalue weighted by Crippen LogP contribution is -2.07. The molecule has 5 heteroatoms. The van der Waals surface area contributed by atoms with E-state index in [2.05, 4.69) is 15.9 Å². The zero-order valence-corrected chi connectivity index (χ0v) is 10.1. The Bertz CT molecular complexity index is 387. The second-order valence-corrected chi connectivity index (χ2v) is 4.48. The Morgan fingerprint density at radius 3 is 2.50 bits per heavy atom. The van der Waals surface area contributed by atoms with Gasteiger partial charge in [0.2, 0.25) is 0 Å². The molecule has 1 atom stereocenters. The summed E-state index contributed by atoms with van der Waals surface area (Å²) in [6.07, 6.45) is -3.13. The number of rotatable bonds is 3. The average Bonchev–Trinajstić information content (AvgIpc) is 2.15. The minimum Gasteiger partial charge on any atom is -0.303 e. The number of carbonyl (C=O) groups excluding carboxylic acids is 1. The molecule has 16 heavy (non-hydrogen) atoms. The molecule has 0 aliphatic carbocycles. The standard InChI is InChI=1S/C11H10BrF3O/c1-7(6-16)4-8-2-3-9(10(12)5-8)11(13,14)15/h2-3,5-7H,4H2,1H3. The van der Waals surface area contributed by atoms with Gasteiger partial charge in [-0.2, -0.15) is 13.2 Å². The van der Waals surface area contributed by atoms with Gasteiger partial charge in [0.25, 0.3) is 0 Å². The highest BCUT2D eigenvalue weighted by Crippen LogP contribution is 2.35. The quantitative estimate of drug-likeness (QED) is 0.774. The van der Waals surface area contributed by atoms with Crippen LogP contribution in [0, 0.1) is 5.92 Å². The summed E-state index contributed by atoms with van der Waals surface area (Å²) in [5, 5.41) is 0. The number of hydrogen-bond donors (Lipinski definition) is 0. The lowest BCUT2D eigenvalue weighted by atomic mass is 10.0. The normalized spacial score (nSPS) is 13.6. The maximum atomic E-state index is 12.4. The molecule has 0 saturated carbocycles. The Balaban J connectivity index is 2.95. The molecule has 0 saturated heterocycles. The van der Waals surface area contributed by atoms with Crippen LogP contribution >= 0.6 is 15.9 Å². The van der Waals surface area contributed by atoms with Crippen molar-refractivity contribution in [1.29, 1.82) is 0 Å². The van der Waals surface area contributed by atoms with Crippen LogP contribution in [-0.4, -0.2) is 6.29 Å². The number of hydrogen-bond acceptors (Lipinski definition) is 1. The molecule has 0 radical (unpaired) electrons. The molecule has 0 N–H and O–H groups in total. The van der Waals surface area contributed by atoms with Crippen LogP contribution in [0.1, 0.15) is 18.1 Å². The number of carbonyl (C=O) groups is 1. The fraction of sp³-hybridized carbons (Fsp3) is 0.364. The lowest BCUT2D eigenvalue weighted by molar-refractivity contribution is -0.138. The molecule has 0 amide bonds. The molecule has 1 aromatic rings. The average molecular weight is 295 g/mol. The number of aldehydes is 1. The van der Waals surface area contributed by atoms with Crippen molar-refractivity contribution in [1.82, 2.24) is 0 Å². The first-order chi connectivity index (χ1) is 7.34. The minimum atomic E-state index is -4.35. The maximum Gasteiger partial charge on any atom is 0.417 e. The predicted molar refractivity (Wildman–Crippen MR) is 58.1 cm³/mol. The Morgan fingerprint density at radius 2 is 2.06 bits per heavy atom. The smallest absolute Gasteiger partial charge is 0.303 e. The van der Waals surface area contributed by atoms with E-state index < -0.39 is 11.7 Å². The summed E-state index contributed by atoms with van der Waals surface area (Å²) in [5.74, 6) is -0.191. The van der Waals surface area contributed by atoms with Crippen molar-refractivity contribution in [3.63, 3.8) is 0 Å². The molecule has 1 aromatic carbocycles. The van der Waals surface area contributed by atoms with Crippen molar-refractivity contribution in [2.75, 3.05) is 0 Å². The highest BCUT2D eigenvalue weighted by molar-refractivity contribution is 9.10. The lowest BCUT2D eigenvalue weighted by Gasteiger charge is -2.11. The summed E-state index contributed by atoms with van der Waals surface area (Å²) in [6.45, 7) is 1.72. The van der Waals surface area contributed by atoms with Crippen molar-refractivity contribution < 1.29 is 18.0 Å². The molecule has 0 aromatic heterocycles. The van der Waals surface area contributed by atoms with E-state index in [1.165, 1.54) is 12.1 Å². The van der Waals surface area contributed by atoms with Gasteiger partial charge in [0.15, 0.2) is 0 Å². The van der Waals surface area contributed by atoms with E-state index in [4.69, 9.17) is 0 Å². The first-order valence-corrected chi connectivity index (χ1v) is 5.45. The SMILES string of the molecule is CC(C=O)Cc1ccc(C(F)(F)F)c(Br)c1. The molecule has 0 spiro atoms. The van der Waals surface area contributed by atoms with Gasteiger partial charge in [-0.3, -0.25) is 0 Å². The first kappa shape index (κ1) is 13.2. The van der Waals surface area contributed by atoms with Gasteiger partial charge in [0.1, 0.15) is 6.29 Å². The van der Waals surface area contributed by atoms with Gasteiger partial charge in [-0.1, -0.05) is 28.9 Å². The summed E-state index contributed by atoms with van der Waals surface area (Å²) < 4.78 is 37.3. The Kier molecular flexibility index (Phi) is 4.13. The molecule has 1 unspecified atom stereocenters. The fourth-order valence-electron chi connectivity index (χ4n) is 1.34. The van der Waals surface area contributed by atoms with Gasteiger partial charge in [-0.15, -0.1) is 0 Å². The van der Waals surface area contributed by atoms with Gasteiger partial charge in [-0.25, -0.2) is 0 Å². The van der Waals surface area contributed by atoms with Crippen molar-refractivity contribution in [2.45, 2.75) is 19.5 Å². The summed E-state index contributed by atoms with van der Waals surface area (Å²) in [7, 11) is 0. The van der Waals surface area contributed by atoms with Crippen molar-refractivity contribution in [3.05, 3.63) is 33.8 Å². The van der Waals surface area contributed by atoms with Crippen molar-refractivity contribution >= 4 is 22.2 Å². The van der Waals surface area contributed by atoms with Crippen LogP contribution in [0.25, 0.3) is 0 Å². The number of benzene rings is 1. The highest BCUT2D eigenvalue weighted by Gasteiger charge is 2.32. The largest absolute Gasteiger partial charge is 0.417 e. The summed E-state index contributed by atoms with van der Waals surface area (Å²) in [6, 6.07) is 3.83. The zero-order chi connectivity index (χ0) is 12.3. The Morgan fingerprint density at radius 1 is 1.44 bits per heavy atom. The zero-order valence-electron chi connectivity index (χ0n) is 8.51. The second-order valence-electron chi connectivity index (χ2n) is 3.63. The molecule has 0 bridgehead atoms. The van der Waals surface area contributed by atoms with Gasteiger partial charge in [-0.05, 0) is 24.1 Å². The number of halogens is 4. The molecule has 1 nitrogen and oxygen atoms in total. The van der Waals surface area contributed by atoms with Crippen LogP contribution in [0.3, 0.4) is 0 Å². The molecule has 0 aliphatic heterocycles. The molecule has 1 rings (SSSR count).